The quantitative estimate of drug-likeness (QED) is 0.267. The van der Waals surface area contributed by atoms with Crippen LogP contribution in [0.4, 0.5) is 11.5 Å². The van der Waals surface area contributed by atoms with Gasteiger partial charge in [0, 0.05) is 28.7 Å². The fourth-order valence-corrected chi connectivity index (χ4v) is 4.76. The molecule has 0 aliphatic rings. The summed E-state index contributed by atoms with van der Waals surface area (Å²) in [5, 5.41) is 13.2. The van der Waals surface area contributed by atoms with Crippen molar-refractivity contribution < 1.29 is 13.2 Å². The Morgan fingerprint density at radius 1 is 1.06 bits per heavy atom. The highest BCUT2D eigenvalue weighted by Crippen LogP contribution is 2.27. The fourth-order valence-electron chi connectivity index (χ4n) is 3.70. The van der Waals surface area contributed by atoms with Gasteiger partial charge in [0.1, 0.15) is 11.9 Å². The number of hydrogen-bond donors (Lipinski definition) is 4. The average molecular weight is 508 g/mol. The zero-order valence-corrected chi connectivity index (χ0v) is 20.6. The van der Waals surface area contributed by atoms with E-state index in [0.29, 0.717) is 11.4 Å². The summed E-state index contributed by atoms with van der Waals surface area (Å²) in [5.41, 5.74) is 8.13. The van der Waals surface area contributed by atoms with E-state index in [1.807, 2.05) is 54.8 Å². The summed E-state index contributed by atoms with van der Waals surface area (Å²) in [5.74, 6) is 0.177. The van der Waals surface area contributed by atoms with Gasteiger partial charge in [0.25, 0.3) is 0 Å². The molecular formula is C25H25N5O3S2. The van der Waals surface area contributed by atoms with Crippen molar-refractivity contribution in [1.82, 2.24) is 10.3 Å². The first-order valence-electron chi connectivity index (χ1n) is 10.7. The number of aromatic nitrogens is 1. The molecule has 0 bridgehead atoms. The standard InChI is InChI=1S/C25H25N5O3S2/c1-34-20-6-3-5-18(14-20)23(30-19-8-9-22-17(13-19)10-11-28-24(22)26)25(31)29-15-16-4-2-7-21(12-16)35(27,32)33/h2-14,23,30H,15H2,1H3,(H2,26,28)(H,29,31)(H2,27,32,33). The second-order valence-electron chi connectivity index (χ2n) is 7.90. The second-order valence-corrected chi connectivity index (χ2v) is 10.3. The van der Waals surface area contributed by atoms with E-state index in [9.17, 15) is 13.2 Å². The van der Waals surface area contributed by atoms with E-state index in [2.05, 4.69) is 15.6 Å². The molecule has 1 amide bonds. The van der Waals surface area contributed by atoms with Crippen LogP contribution >= 0.6 is 11.8 Å². The van der Waals surface area contributed by atoms with E-state index in [4.69, 9.17) is 10.9 Å². The Hall–Kier alpha value is -3.60. The molecule has 8 nitrogen and oxygen atoms in total. The first kappa shape index (κ1) is 24.5. The van der Waals surface area contributed by atoms with Crippen LogP contribution in [0.5, 0.6) is 0 Å². The molecule has 4 rings (SSSR count). The van der Waals surface area contributed by atoms with Crippen molar-refractivity contribution in [3.8, 4) is 0 Å². The van der Waals surface area contributed by atoms with Crippen LogP contribution < -0.4 is 21.5 Å². The molecule has 0 radical (unpaired) electrons. The molecule has 1 aromatic heterocycles. The van der Waals surface area contributed by atoms with Gasteiger partial charge in [0.2, 0.25) is 15.9 Å². The lowest BCUT2D eigenvalue weighted by Crippen LogP contribution is -2.33. The third-order valence-corrected chi connectivity index (χ3v) is 7.13. The third-order valence-electron chi connectivity index (χ3n) is 5.49. The summed E-state index contributed by atoms with van der Waals surface area (Å²) in [6.07, 6.45) is 3.62. The van der Waals surface area contributed by atoms with Gasteiger partial charge in [-0.3, -0.25) is 4.79 Å². The van der Waals surface area contributed by atoms with Gasteiger partial charge in [-0.1, -0.05) is 24.3 Å². The second kappa shape index (κ2) is 10.3. The zero-order valence-electron chi connectivity index (χ0n) is 18.9. The van der Waals surface area contributed by atoms with Gasteiger partial charge in [0.15, 0.2) is 0 Å². The van der Waals surface area contributed by atoms with Crippen molar-refractivity contribution in [2.24, 2.45) is 5.14 Å². The molecule has 0 saturated carbocycles. The van der Waals surface area contributed by atoms with Crippen molar-refractivity contribution in [1.29, 1.82) is 0 Å². The van der Waals surface area contributed by atoms with Crippen molar-refractivity contribution in [2.45, 2.75) is 22.4 Å². The number of nitrogens with two attached hydrogens (primary N) is 2. The molecule has 0 aliphatic heterocycles. The van der Waals surface area contributed by atoms with Crippen molar-refractivity contribution in [3.63, 3.8) is 0 Å². The number of pyridine rings is 1. The van der Waals surface area contributed by atoms with Crippen molar-refractivity contribution in [2.75, 3.05) is 17.3 Å². The van der Waals surface area contributed by atoms with Crippen LogP contribution in [0.2, 0.25) is 0 Å². The smallest absolute Gasteiger partial charge is 0.247 e. The van der Waals surface area contributed by atoms with E-state index >= 15 is 0 Å². The molecule has 0 aliphatic carbocycles. The van der Waals surface area contributed by atoms with E-state index in [1.165, 1.54) is 12.1 Å². The predicted octanol–water partition coefficient (Wildman–Crippen LogP) is 3.66. The molecule has 0 saturated heterocycles. The molecule has 0 spiro atoms. The molecule has 35 heavy (non-hydrogen) atoms. The minimum atomic E-state index is -3.83. The zero-order chi connectivity index (χ0) is 25.0. The Balaban J connectivity index is 1.61. The number of thioether (sulfide) groups is 1. The Labute approximate surface area is 208 Å². The molecule has 4 aromatic rings. The molecule has 10 heteroatoms. The molecule has 3 aromatic carbocycles. The molecule has 1 unspecified atom stereocenters. The van der Waals surface area contributed by atoms with Crippen LogP contribution in [0.15, 0.2) is 88.8 Å². The van der Waals surface area contributed by atoms with E-state index < -0.39 is 16.1 Å². The first-order valence-corrected chi connectivity index (χ1v) is 13.5. The van der Waals surface area contributed by atoms with E-state index in [1.54, 1.807) is 30.1 Å². The van der Waals surface area contributed by atoms with Gasteiger partial charge in [-0.15, -0.1) is 11.8 Å². The van der Waals surface area contributed by atoms with Crippen LogP contribution in [0.1, 0.15) is 17.2 Å². The van der Waals surface area contributed by atoms with E-state index in [0.717, 1.165) is 26.9 Å². The predicted molar refractivity (Wildman–Crippen MR) is 140 cm³/mol. The highest BCUT2D eigenvalue weighted by Gasteiger charge is 2.21. The maximum absolute atomic E-state index is 13.4. The summed E-state index contributed by atoms with van der Waals surface area (Å²) >= 11 is 1.59. The monoisotopic (exact) mass is 507 g/mol. The largest absolute Gasteiger partial charge is 0.383 e. The number of rotatable bonds is 8. The number of nitrogens with one attached hydrogen (secondary N) is 2. The topological polar surface area (TPSA) is 140 Å². The van der Waals surface area contributed by atoms with Gasteiger partial charge in [-0.2, -0.15) is 0 Å². The lowest BCUT2D eigenvalue weighted by Gasteiger charge is -2.21. The Morgan fingerprint density at radius 2 is 1.86 bits per heavy atom. The lowest BCUT2D eigenvalue weighted by molar-refractivity contribution is -0.122. The summed E-state index contributed by atoms with van der Waals surface area (Å²) < 4.78 is 23.3. The van der Waals surface area contributed by atoms with Crippen molar-refractivity contribution in [3.05, 3.63) is 90.1 Å². The third kappa shape index (κ3) is 5.91. The SMILES string of the molecule is CSc1cccc(C(Nc2ccc3c(N)nccc3c2)C(=O)NCc2cccc(S(N)(=O)=O)c2)c1. The van der Waals surface area contributed by atoms with Crippen LogP contribution in [0.3, 0.4) is 0 Å². The number of nitrogen functional groups attached to an aromatic ring is 1. The minimum Gasteiger partial charge on any atom is -0.383 e. The number of hydrogen-bond acceptors (Lipinski definition) is 7. The highest BCUT2D eigenvalue weighted by molar-refractivity contribution is 7.98. The van der Waals surface area contributed by atoms with Gasteiger partial charge in [0.05, 0.1) is 4.90 Å². The highest BCUT2D eigenvalue weighted by atomic mass is 32.2. The van der Waals surface area contributed by atoms with Crippen LogP contribution in [-0.2, 0) is 21.4 Å². The number of amides is 1. The summed E-state index contributed by atoms with van der Waals surface area (Å²) in [4.78, 5) is 18.5. The number of primary sulfonamides is 1. The molecule has 1 atom stereocenters. The van der Waals surface area contributed by atoms with Gasteiger partial charge in [-0.25, -0.2) is 18.5 Å². The van der Waals surface area contributed by atoms with Gasteiger partial charge >= 0.3 is 0 Å². The molecular weight excluding hydrogens is 482 g/mol. The number of anilines is 2. The Bertz CT molecular complexity index is 1490. The van der Waals surface area contributed by atoms with Crippen molar-refractivity contribution >= 4 is 50.0 Å². The average Bonchev–Trinajstić information content (AvgIpc) is 2.85. The number of fused-ring (bicyclic) bond motifs is 1. The number of carbonyl (C=O) groups is 1. The van der Waals surface area contributed by atoms with Crippen LogP contribution in [0, 0.1) is 0 Å². The van der Waals surface area contributed by atoms with Crippen LogP contribution in [-0.4, -0.2) is 25.6 Å². The Morgan fingerprint density at radius 3 is 2.63 bits per heavy atom. The molecule has 6 N–H and O–H groups in total. The Kier molecular flexibility index (Phi) is 7.25. The maximum Gasteiger partial charge on any atom is 0.247 e. The number of nitrogens with zero attached hydrogens (tertiary/aromatic N) is 1. The molecule has 0 fully saturated rings. The lowest BCUT2D eigenvalue weighted by atomic mass is 10.0. The van der Waals surface area contributed by atoms with E-state index in [-0.39, 0.29) is 17.3 Å². The van der Waals surface area contributed by atoms with Crippen LogP contribution in [0.25, 0.3) is 10.8 Å². The molecule has 1 heterocycles. The number of sulfonamides is 1. The van der Waals surface area contributed by atoms with Gasteiger partial charge < -0.3 is 16.4 Å². The molecule has 180 valence electrons. The summed E-state index contributed by atoms with van der Waals surface area (Å²) in [7, 11) is -3.83. The maximum atomic E-state index is 13.4. The minimum absolute atomic E-state index is 0.00322. The number of carbonyl (C=O) groups excluding carboxylic acids is 1. The normalized spacial score (nSPS) is 12.3. The number of benzene rings is 3. The summed E-state index contributed by atoms with van der Waals surface area (Å²) in [6, 6.07) is 20.7. The van der Waals surface area contributed by atoms with Gasteiger partial charge in [-0.05, 0) is 71.3 Å². The summed E-state index contributed by atoms with van der Waals surface area (Å²) in [6.45, 7) is 0.141. The fraction of sp³-hybridized carbons (Fsp3) is 0.120. The first-order chi connectivity index (χ1) is 16.7.